The molecule has 2 saturated heterocycles. The summed E-state index contributed by atoms with van der Waals surface area (Å²) < 4.78 is 44.4. The highest BCUT2D eigenvalue weighted by atomic mass is 32.2. The number of rotatable bonds is 26. The summed E-state index contributed by atoms with van der Waals surface area (Å²) in [6, 6.07) is 11.2. The molecule has 80 heavy (non-hydrogen) atoms. The normalized spacial score (nSPS) is 20.7. The molecular weight excluding hydrogens is 1050 g/mol. The van der Waals surface area contributed by atoms with Crippen molar-refractivity contribution in [2.45, 2.75) is 96.1 Å². The number of anilines is 1. The van der Waals surface area contributed by atoms with Crippen molar-refractivity contribution in [3.63, 3.8) is 0 Å². The predicted molar refractivity (Wildman–Crippen MR) is 302 cm³/mol. The largest absolute Gasteiger partial charge is 0.489 e. The Labute approximate surface area is 471 Å². The molecule has 0 aliphatic carbocycles. The van der Waals surface area contributed by atoms with E-state index in [4.69, 9.17) is 33.7 Å². The number of aryl methyl sites for hydroxylation is 1. The molecule has 434 valence electrons. The number of likely N-dealkylation sites (N-methyl/N-ethyl adjacent to an activating group) is 1. The molecular formula is C57H78FN11O10S. The number of thioether (sulfide) groups is 1. The number of ether oxygens (including phenoxy) is 5. The number of amides is 4. The minimum absolute atomic E-state index is 0.0542. The van der Waals surface area contributed by atoms with Crippen molar-refractivity contribution in [2.75, 3.05) is 117 Å². The topological polar surface area (TPSA) is 232 Å². The van der Waals surface area contributed by atoms with Crippen LogP contribution in [0, 0.1) is 18.7 Å². The van der Waals surface area contributed by atoms with Crippen LogP contribution in [0.2, 0.25) is 0 Å². The quantitative estimate of drug-likeness (QED) is 0.0506. The number of hydrogen-bond donors (Lipinski definition) is 4. The first-order chi connectivity index (χ1) is 38.8. The van der Waals surface area contributed by atoms with Gasteiger partial charge in [0, 0.05) is 55.7 Å². The van der Waals surface area contributed by atoms with E-state index in [0.717, 1.165) is 67.2 Å². The average molecular weight is 1130 g/mol. The minimum atomic E-state index is -0.692. The Morgan fingerprint density at radius 2 is 1.61 bits per heavy atom. The van der Waals surface area contributed by atoms with Gasteiger partial charge in [-0.3, -0.25) is 29.0 Å². The summed E-state index contributed by atoms with van der Waals surface area (Å²) >= 11 is 1.50. The Kier molecular flexibility index (Phi) is 22.2. The maximum Gasteiger partial charge on any atom is 0.259 e. The monoisotopic (exact) mass is 1130 g/mol. The number of ketones is 1. The van der Waals surface area contributed by atoms with E-state index >= 15 is 0 Å². The van der Waals surface area contributed by atoms with Gasteiger partial charge < -0.3 is 59.7 Å². The molecule has 23 heteroatoms. The van der Waals surface area contributed by atoms with E-state index in [0.29, 0.717) is 81.1 Å². The van der Waals surface area contributed by atoms with Crippen molar-refractivity contribution in [1.82, 2.24) is 45.2 Å². The van der Waals surface area contributed by atoms with E-state index in [1.165, 1.54) is 42.2 Å². The Morgan fingerprint density at radius 1 is 0.900 bits per heavy atom. The number of benzene rings is 2. The number of nitrogens with zero attached hydrogens (tertiary/aromatic N) is 7. The van der Waals surface area contributed by atoms with Gasteiger partial charge in [0.25, 0.3) is 5.91 Å². The number of fused-ring (bicyclic) bond motifs is 2. The van der Waals surface area contributed by atoms with Crippen molar-refractivity contribution >= 4 is 57.7 Å². The van der Waals surface area contributed by atoms with E-state index in [-0.39, 0.29) is 86.2 Å². The second kappa shape index (κ2) is 29.6. The summed E-state index contributed by atoms with van der Waals surface area (Å²) in [4.78, 5) is 83.0. The third-order valence-corrected chi connectivity index (χ3v) is 16.1. The molecule has 21 nitrogen and oxygen atoms in total. The van der Waals surface area contributed by atoms with Crippen LogP contribution in [0.3, 0.4) is 0 Å². The standard InChI is InChI=1S/C57H78FN11O10S/c1-37-8-13-48-44(33-37)39(3)62-49-16-22-69-53(64-49)45(34-61-69)56(73)67(35-38(2)79-48)23-18-60-50(70)17-25-75-27-29-77-31-32-78-30-28-76-26-24-66-20-14-41(15-21-66)51(65-54(72)40(4)59-5)57(74)68-19-6-7-47(68)55-63-46(36-80-55)52(71)42-9-11-43(58)12-10-42/h8-13,16,22,33-34,38-41,46-47,51,59H,6-7,14-15,17-21,23-32,35-36H2,1-5H3,(H,60,70)(H,62,64)(H,65,72)/t38-,39+,40-,46?,47-,51-/m0/s1. The van der Waals surface area contributed by atoms with Crippen molar-refractivity contribution in [2.24, 2.45) is 10.9 Å². The lowest BCUT2D eigenvalue weighted by Crippen LogP contribution is -2.58. The third kappa shape index (κ3) is 16.3. The SMILES string of the molecule is CN[C@@H](C)C(=O)N[C@H](C(=O)N1CCC[C@H]1C1=NC(C(=O)c2ccc(F)cc2)CS1)C1CCN(CCOCCOCCOCCOCCC(=O)NCCN2C[C@H](C)Oc3ccc(C)cc3[C@@H](C)Nc3ccn4ncc(c4n3)C2=O)CC1. The minimum Gasteiger partial charge on any atom is -0.489 e. The second-order valence-corrected chi connectivity index (χ2v) is 21.8. The summed E-state index contributed by atoms with van der Waals surface area (Å²) in [5, 5.41) is 17.6. The van der Waals surface area contributed by atoms with Crippen LogP contribution in [0.5, 0.6) is 5.75 Å². The van der Waals surface area contributed by atoms with Crippen LogP contribution >= 0.6 is 11.8 Å². The number of hydrogen-bond acceptors (Lipinski definition) is 17. The van der Waals surface area contributed by atoms with Gasteiger partial charge in [0.05, 0.1) is 88.8 Å². The first-order valence-corrected chi connectivity index (χ1v) is 29.0. The van der Waals surface area contributed by atoms with Crippen LogP contribution in [0.25, 0.3) is 5.65 Å². The third-order valence-electron chi connectivity index (χ3n) is 15.0. The number of halogens is 1. The van der Waals surface area contributed by atoms with Gasteiger partial charge >= 0.3 is 0 Å². The van der Waals surface area contributed by atoms with E-state index in [1.54, 1.807) is 29.6 Å². The fraction of sp³-hybridized carbons (Fsp3) is 0.579. The Morgan fingerprint density at radius 3 is 2.34 bits per heavy atom. The zero-order valence-electron chi connectivity index (χ0n) is 46.7. The summed E-state index contributed by atoms with van der Waals surface area (Å²) in [5.74, 6) is 0.365. The number of nitrogens with one attached hydrogen (secondary N) is 4. The Hall–Kier alpha value is -6.08. The summed E-state index contributed by atoms with van der Waals surface area (Å²) in [5.41, 5.74) is 3.28. The highest BCUT2D eigenvalue weighted by Crippen LogP contribution is 2.33. The highest BCUT2D eigenvalue weighted by molar-refractivity contribution is 8.14. The molecule has 4 aliphatic heterocycles. The fourth-order valence-electron chi connectivity index (χ4n) is 10.3. The molecule has 0 spiro atoms. The van der Waals surface area contributed by atoms with Crippen LogP contribution in [0.1, 0.15) is 90.8 Å². The number of carbonyl (C=O) groups is 5. The molecule has 4 aromatic rings. The highest BCUT2D eigenvalue weighted by Gasteiger charge is 2.43. The first kappa shape index (κ1) is 60.0. The Balaban J connectivity index is 0.670. The molecule has 2 bridgehead atoms. The van der Waals surface area contributed by atoms with E-state index < -0.39 is 23.9 Å². The Bertz CT molecular complexity index is 2760. The number of aliphatic imine (C=N–C) groups is 1. The molecule has 1 unspecified atom stereocenters. The maximum atomic E-state index is 14.4. The first-order valence-electron chi connectivity index (χ1n) is 28.0. The molecule has 2 aromatic heterocycles. The van der Waals surface area contributed by atoms with Crippen molar-refractivity contribution < 1.29 is 52.0 Å². The zero-order chi connectivity index (χ0) is 56.5. The summed E-state index contributed by atoms with van der Waals surface area (Å²) in [6.07, 6.45) is 6.08. The van der Waals surface area contributed by atoms with Crippen molar-refractivity contribution in [3.05, 3.63) is 89.0 Å². The lowest BCUT2D eigenvalue weighted by molar-refractivity contribution is -0.138. The number of piperidine rings is 1. The smallest absolute Gasteiger partial charge is 0.259 e. The number of carbonyl (C=O) groups excluding carboxylic acids is 5. The average Bonchev–Trinajstić information content (AvgIpc) is 4.26. The van der Waals surface area contributed by atoms with Gasteiger partial charge in [-0.2, -0.15) is 5.10 Å². The van der Waals surface area contributed by atoms with Crippen LogP contribution in [0.15, 0.2) is 65.9 Å². The van der Waals surface area contributed by atoms with Crippen LogP contribution in [-0.2, 0) is 33.3 Å². The van der Waals surface area contributed by atoms with E-state index in [2.05, 4.69) is 37.3 Å². The molecule has 2 fully saturated rings. The number of aromatic nitrogens is 3. The number of Topliss-reactive ketones (excluding diaryl/α,β-unsaturated/α-hetero) is 1. The summed E-state index contributed by atoms with van der Waals surface area (Å²) in [6.45, 7) is 14.4. The predicted octanol–water partition coefficient (Wildman–Crippen LogP) is 4.34. The van der Waals surface area contributed by atoms with Gasteiger partial charge in [-0.15, -0.1) is 11.8 Å². The van der Waals surface area contributed by atoms with Crippen molar-refractivity contribution in [1.29, 1.82) is 0 Å². The molecule has 6 atom stereocenters. The molecule has 8 rings (SSSR count). The lowest BCUT2D eigenvalue weighted by atomic mass is 9.88. The lowest BCUT2D eigenvalue weighted by Gasteiger charge is -2.38. The molecule has 2 aromatic carbocycles. The van der Waals surface area contributed by atoms with Crippen LogP contribution in [-0.4, -0.2) is 205 Å². The second-order valence-electron chi connectivity index (χ2n) is 20.8. The van der Waals surface area contributed by atoms with Gasteiger partial charge in [0.1, 0.15) is 41.1 Å². The van der Waals surface area contributed by atoms with Crippen LogP contribution < -0.4 is 26.0 Å². The van der Waals surface area contributed by atoms with E-state index in [9.17, 15) is 28.4 Å². The van der Waals surface area contributed by atoms with Gasteiger partial charge in [-0.05, 0) is 116 Å². The van der Waals surface area contributed by atoms with Crippen LogP contribution in [0.4, 0.5) is 10.2 Å². The molecule has 4 N–H and O–H groups in total. The number of likely N-dealkylation sites (tertiary alicyclic amines) is 2. The zero-order valence-corrected chi connectivity index (χ0v) is 47.5. The summed E-state index contributed by atoms with van der Waals surface area (Å²) in [7, 11) is 1.72. The van der Waals surface area contributed by atoms with Gasteiger partial charge in [0.2, 0.25) is 17.7 Å². The molecule has 4 amide bonds. The molecule has 0 radical (unpaired) electrons. The molecule has 4 aliphatic rings. The van der Waals surface area contributed by atoms with E-state index in [1.807, 2.05) is 43.9 Å². The molecule has 6 heterocycles. The van der Waals surface area contributed by atoms with Crippen molar-refractivity contribution in [3.8, 4) is 5.75 Å². The van der Waals surface area contributed by atoms with Gasteiger partial charge in [0.15, 0.2) is 11.4 Å². The molecule has 0 saturated carbocycles. The fourth-order valence-corrected chi connectivity index (χ4v) is 11.5. The maximum absolute atomic E-state index is 14.4. The van der Waals surface area contributed by atoms with Gasteiger partial charge in [-0.25, -0.2) is 13.9 Å². The van der Waals surface area contributed by atoms with Gasteiger partial charge in [-0.1, -0.05) is 17.7 Å².